The minimum absolute atomic E-state index is 0.511. The van der Waals surface area contributed by atoms with Gasteiger partial charge < -0.3 is 15.5 Å². The molecule has 1 aliphatic carbocycles. The van der Waals surface area contributed by atoms with Crippen molar-refractivity contribution in [1.82, 2.24) is 15.5 Å². The molecule has 0 saturated carbocycles. The molecule has 0 bridgehead atoms. The van der Waals surface area contributed by atoms with Gasteiger partial charge in [-0.15, -0.1) is 11.3 Å². The Balaban J connectivity index is 1.26. The van der Waals surface area contributed by atoms with Gasteiger partial charge in [-0.2, -0.15) is 0 Å². The summed E-state index contributed by atoms with van der Waals surface area (Å²) in [7, 11) is 0. The third kappa shape index (κ3) is 6.47. The van der Waals surface area contributed by atoms with Crippen LogP contribution in [0.3, 0.4) is 0 Å². The van der Waals surface area contributed by atoms with E-state index in [4.69, 9.17) is 0 Å². The van der Waals surface area contributed by atoms with Crippen molar-refractivity contribution < 1.29 is 9.59 Å². The zero-order valence-corrected chi connectivity index (χ0v) is 16.9. The highest BCUT2D eigenvalue weighted by Gasteiger charge is 2.21. The highest BCUT2D eigenvalue weighted by atomic mass is 32.1. The Kier molecular flexibility index (Phi) is 7.90. The van der Waals surface area contributed by atoms with Gasteiger partial charge in [0.1, 0.15) is 0 Å². The first-order chi connectivity index (χ1) is 13.2. The molecule has 0 atom stereocenters. The summed E-state index contributed by atoms with van der Waals surface area (Å²) in [6.45, 7) is 4.00. The molecule has 5 nitrogen and oxygen atoms in total. The second kappa shape index (κ2) is 10.6. The molecule has 27 heavy (non-hydrogen) atoms. The Morgan fingerprint density at radius 3 is 2.56 bits per heavy atom. The van der Waals surface area contributed by atoms with Crippen molar-refractivity contribution in [2.45, 2.75) is 50.9 Å². The summed E-state index contributed by atoms with van der Waals surface area (Å²) in [5, 5.41) is 7.63. The van der Waals surface area contributed by atoms with Gasteiger partial charge in [0.15, 0.2) is 0 Å². The van der Waals surface area contributed by atoms with Crippen LogP contribution in [0.5, 0.6) is 0 Å². The SMILES string of the molecule is O=C(NCCC1=CCCCC1)C(=O)NCCN1CCC(c2cccs2)CC1. The van der Waals surface area contributed by atoms with E-state index >= 15 is 0 Å². The first kappa shape index (κ1) is 20.1. The number of nitrogens with one attached hydrogen (secondary N) is 2. The second-order valence-electron chi connectivity index (χ2n) is 7.50. The number of carbonyl (C=O) groups is 2. The van der Waals surface area contributed by atoms with Crippen LogP contribution in [0.25, 0.3) is 0 Å². The van der Waals surface area contributed by atoms with Crippen molar-refractivity contribution in [3.8, 4) is 0 Å². The molecule has 1 saturated heterocycles. The van der Waals surface area contributed by atoms with Crippen LogP contribution in [-0.2, 0) is 9.59 Å². The lowest BCUT2D eigenvalue weighted by molar-refractivity contribution is -0.139. The van der Waals surface area contributed by atoms with Gasteiger partial charge in [-0.3, -0.25) is 9.59 Å². The molecule has 6 heteroatoms. The maximum Gasteiger partial charge on any atom is 0.309 e. The molecule has 0 spiro atoms. The summed E-state index contributed by atoms with van der Waals surface area (Å²) in [5.74, 6) is -0.343. The van der Waals surface area contributed by atoms with Crippen molar-refractivity contribution in [3.63, 3.8) is 0 Å². The molecular weight excluding hydrogens is 358 g/mol. The fraction of sp³-hybridized carbons (Fsp3) is 0.619. The van der Waals surface area contributed by atoms with Crippen molar-refractivity contribution in [2.24, 2.45) is 0 Å². The topological polar surface area (TPSA) is 61.4 Å². The molecule has 2 N–H and O–H groups in total. The molecule has 0 unspecified atom stereocenters. The Morgan fingerprint density at radius 2 is 1.89 bits per heavy atom. The van der Waals surface area contributed by atoms with Crippen LogP contribution < -0.4 is 10.6 Å². The van der Waals surface area contributed by atoms with E-state index < -0.39 is 11.8 Å². The van der Waals surface area contributed by atoms with Crippen molar-refractivity contribution >= 4 is 23.2 Å². The van der Waals surface area contributed by atoms with E-state index in [9.17, 15) is 9.59 Å². The summed E-state index contributed by atoms with van der Waals surface area (Å²) in [6.07, 6.45) is 10.3. The molecule has 0 radical (unpaired) electrons. The first-order valence-corrected chi connectivity index (χ1v) is 11.1. The average molecular weight is 390 g/mol. The van der Waals surface area contributed by atoms with Crippen LogP contribution in [-0.4, -0.2) is 49.4 Å². The van der Waals surface area contributed by atoms with Crippen LogP contribution in [0.1, 0.15) is 55.7 Å². The Bertz CT molecular complexity index is 634. The standard InChI is InChI=1S/C21H31N3O2S/c25-20(22-11-8-17-5-2-1-3-6-17)21(26)23-12-15-24-13-9-18(10-14-24)19-7-4-16-27-19/h4-5,7,16,18H,1-3,6,8-15H2,(H,22,25)(H,23,26). The molecule has 0 aromatic carbocycles. The fourth-order valence-corrected chi connectivity index (χ4v) is 4.82. The maximum absolute atomic E-state index is 11.9. The minimum atomic E-state index is -0.513. The van der Waals surface area contributed by atoms with Crippen LogP contribution >= 0.6 is 11.3 Å². The van der Waals surface area contributed by atoms with E-state index in [0.29, 0.717) is 19.0 Å². The average Bonchev–Trinajstić information content (AvgIpc) is 3.24. The summed E-state index contributed by atoms with van der Waals surface area (Å²) >= 11 is 1.85. The molecule has 2 aliphatic rings. The van der Waals surface area contributed by atoms with Gasteiger partial charge in [0.25, 0.3) is 0 Å². The molecule has 1 aliphatic heterocycles. The summed E-state index contributed by atoms with van der Waals surface area (Å²) in [6, 6.07) is 4.35. The molecule has 2 amide bonds. The van der Waals surface area contributed by atoms with E-state index in [1.165, 1.54) is 36.1 Å². The molecular formula is C21H31N3O2S. The third-order valence-electron chi connectivity index (χ3n) is 5.57. The quantitative estimate of drug-likeness (QED) is 0.557. The van der Waals surface area contributed by atoms with E-state index in [1.54, 1.807) is 0 Å². The zero-order chi connectivity index (χ0) is 18.9. The maximum atomic E-state index is 11.9. The molecule has 1 aromatic rings. The zero-order valence-electron chi connectivity index (χ0n) is 16.0. The second-order valence-corrected chi connectivity index (χ2v) is 8.48. The number of thiophene rings is 1. The van der Waals surface area contributed by atoms with Crippen LogP contribution in [0, 0.1) is 0 Å². The first-order valence-electron chi connectivity index (χ1n) is 10.2. The summed E-state index contributed by atoms with van der Waals surface area (Å²) in [5.41, 5.74) is 1.41. The van der Waals surface area contributed by atoms with Gasteiger partial charge in [0.2, 0.25) is 0 Å². The van der Waals surface area contributed by atoms with Gasteiger partial charge in [0, 0.05) is 24.5 Å². The van der Waals surface area contributed by atoms with Crippen molar-refractivity contribution in [3.05, 3.63) is 34.0 Å². The van der Waals surface area contributed by atoms with Crippen LogP contribution in [0.2, 0.25) is 0 Å². The van der Waals surface area contributed by atoms with Gasteiger partial charge in [0.05, 0.1) is 0 Å². The largest absolute Gasteiger partial charge is 0.348 e. The summed E-state index contributed by atoms with van der Waals surface area (Å²) in [4.78, 5) is 27.7. The number of hydrogen-bond acceptors (Lipinski definition) is 4. The predicted octanol–water partition coefficient (Wildman–Crippen LogP) is 3.05. The van der Waals surface area contributed by atoms with Gasteiger partial charge in [-0.1, -0.05) is 17.7 Å². The number of likely N-dealkylation sites (tertiary alicyclic amines) is 1. The number of amides is 2. The molecule has 1 aromatic heterocycles. The molecule has 3 rings (SSSR count). The fourth-order valence-electron chi connectivity index (χ4n) is 3.92. The van der Waals surface area contributed by atoms with Crippen LogP contribution in [0.15, 0.2) is 29.2 Å². The third-order valence-corrected chi connectivity index (χ3v) is 6.60. The van der Waals surface area contributed by atoms with Gasteiger partial charge >= 0.3 is 11.8 Å². The Hall–Kier alpha value is -1.66. The Morgan fingerprint density at radius 1 is 1.11 bits per heavy atom. The molecule has 1 fully saturated rings. The number of hydrogen-bond donors (Lipinski definition) is 2. The highest BCUT2D eigenvalue weighted by molar-refractivity contribution is 7.10. The number of carbonyl (C=O) groups excluding carboxylic acids is 2. The normalized spacial score (nSPS) is 18.7. The number of rotatable bonds is 7. The van der Waals surface area contributed by atoms with Gasteiger partial charge in [-0.25, -0.2) is 0 Å². The smallest absolute Gasteiger partial charge is 0.309 e. The lowest BCUT2D eigenvalue weighted by atomic mass is 9.95. The highest BCUT2D eigenvalue weighted by Crippen LogP contribution is 2.30. The number of allylic oxidation sites excluding steroid dienone is 1. The van der Waals surface area contributed by atoms with E-state index in [0.717, 1.165) is 38.9 Å². The van der Waals surface area contributed by atoms with E-state index in [-0.39, 0.29) is 0 Å². The van der Waals surface area contributed by atoms with E-state index in [1.807, 2.05) is 11.3 Å². The predicted molar refractivity (Wildman–Crippen MR) is 110 cm³/mol. The Labute approximate surface area is 166 Å². The monoisotopic (exact) mass is 389 g/mol. The van der Waals surface area contributed by atoms with Crippen LogP contribution in [0.4, 0.5) is 0 Å². The minimum Gasteiger partial charge on any atom is -0.348 e. The van der Waals surface area contributed by atoms with E-state index in [2.05, 4.69) is 39.1 Å². The number of nitrogens with zero attached hydrogens (tertiary/aromatic N) is 1. The molecule has 148 valence electrons. The lowest BCUT2D eigenvalue weighted by Crippen LogP contribution is -2.44. The lowest BCUT2D eigenvalue weighted by Gasteiger charge is -2.31. The number of piperidine rings is 1. The molecule has 2 heterocycles. The summed E-state index contributed by atoms with van der Waals surface area (Å²) < 4.78 is 0. The van der Waals surface area contributed by atoms with Crippen molar-refractivity contribution in [2.75, 3.05) is 32.7 Å². The van der Waals surface area contributed by atoms with Crippen molar-refractivity contribution in [1.29, 1.82) is 0 Å². The van der Waals surface area contributed by atoms with Gasteiger partial charge in [-0.05, 0) is 75.4 Å².